The predicted molar refractivity (Wildman–Crippen MR) is 94.2 cm³/mol. The Bertz CT molecular complexity index is 498. The van der Waals surface area contributed by atoms with Gasteiger partial charge in [-0.05, 0) is 33.2 Å². The quantitative estimate of drug-likeness (QED) is 0.679. The lowest BCUT2D eigenvalue weighted by Gasteiger charge is -2.42. The second-order valence-electron chi connectivity index (χ2n) is 5.94. The van der Waals surface area contributed by atoms with Crippen LogP contribution in [0.3, 0.4) is 0 Å². The first-order chi connectivity index (χ1) is 11.1. The van der Waals surface area contributed by atoms with Crippen molar-refractivity contribution in [3.8, 4) is 0 Å². The van der Waals surface area contributed by atoms with Crippen molar-refractivity contribution in [1.82, 2.24) is 15.2 Å². The molecule has 0 aromatic carbocycles. The van der Waals surface area contributed by atoms with Gasteiger partial charge in [-0.1, -0.05) is 6.92 Å². The molecule has 2 N–H and O–H groups in total. The lowest BCUT2D eigenvalue weighted by atomic mass is 9.85. The number of nitrogens with one attached hydrogen (secondary N) is 1. The summed E-state index contributed by atoms with van der Waals surface area (Å²) < 4.78 is 0. The third-order valence-electron chi connectivity index (χ3n) is 4.51. The summed E-state index contributed by atoms with van der Waals surface area (Å²) in [6.07, 6.45) is 4.02. The second-order valence-corrected chi connectivity index (χ2v) is 7.03. The van der Waals surface area contributed by atoms with Crippen molar-refractivity contribution < 1.29 is 9.90 Å². The van der Waals surface area contributed by atoms with Gasteiger partial charge in [-0.15, -0.1) is 11.3 Å². The Labute approximate surface area is 142 Å². The summed E-state index contributed by atoms with van der Waals surface area (Å²) in [6, 6.07) is 0.892. The Morgan fingerprint density at radius 1 is 1.35 bits per heavy atom. The second kappa shape index (κ2) is 8.61. The van der Waals surface area contributed by atoms with Crippen molar-refractivity contribution in [1.29, 1.82) is 0 Å². The molecule has 1 saturated carbocycles. The highest BCUT2D eigenvalue weighted by molar-refractivity contribution is 7.15. The molecule has 6 nitrogen and oxygen atoms in total. The van der Waals surface area contributed by atoms with Crippen molar-refractivity contribution in [2.24, 2.45) is 0 Å². The molecule has 0 amide bonds. The number of rotatable bonds is 10. The Morgan fingerprint density at radius 2 is 2.04 bits per heavy atom. The lowest BCUT2D eigenvalue weighted by Crippen LogP contribution is -2.53. The molecule has 1 aromatic rings. The molecule has 0 saturated heterocycles. The van der Waals surface area contributed by atoms with Crippen LogP contribution in [0.4, 0.5) is 5.13 Å². The monoisotopic (exact) mass is 340 g/mol. The molecule has 0 unspecified atom stereocenters. The van der Waals surface area contributed by atoms with Crippen LogP contribution < -0.4 is 10.2 Å². The SMILES string of the molecule is CCN(CC)c1ncc(CNC2CC(N(CC)CC(=O)O)C2)s1. The zero-order valence-electron chi connectivity index (χ0n) is 14.3. The van der Waals surface area contributed by atoms with E-state index in [4.69, 9.17) is 5.11 Å². The minimum Gasteiger partial charge on any atom is -0.480 e. The molecule has 1 fully saturated rings. The number of aromatic nitrogens is 1. The van der Waals surface area contributed by atoms with E-state index in [1.165, 1.54) is 4.88 Å². The highest BCUT2D eigenvalue weighted by Gasteiger charge is 2.33. The van der Waals surface area contributed by atoms with Crippen LogP contribution in [0.25, 0.3) is 0 Å². The van der Waals surface area contributed by atoms with E-state index in [9.17, 15) is 4.79 Å². The summed E-state index contributed by atoms with van der Waals surface area (Å²) in [5.74, 6) is -0.739. The molecular formula is C16H28N4O2S. The van der Waals surface area contributed by atoms with Crippen LogP contribution in [-0.4, -0.2) is 59.2 Å². The first-order valence-electron chi connectivity index (χ1n) is 8.46. The maximum atomic E-state index is 10.8. The first kappa shape index (κ1) is 18.2. The number of anilines is 1. The van der Waals surface area contributed by atoms with E-state index >= 15 is 0 Å². The predicted octanol–water partition coefficient (Wildman–Crippen LogP) is 2.02. The number of carbonyl (C=O) groups is 1. The van der Waals surface area contributed by atoms with Crippen molar-refractivity contribution in [3.05, 3.63) is 11.1 Å². The van der Waals surface area contributed by atoms with Gasteiger partial charge in [0, 0.05) is 42.8 Å². The van der Waals surface area contributed by atoms with Gasteiger partial charge in [-0.25, -0.2) is 4.98 Å². The van der Waals surface area contributed by atoms with Crippen LogP contribution in [0.1, 0.15) is 38.5 Å². The standard InChI is InChI=1S/C16H28N4O2S/c1-4-19(5-2)16-18-10-14(23-16)9-17-12-7-13(8-12)20(6-3)11-15(21)22/h10,12-13,17H,4-9,11H2,1-3H3,(H,21,22). The molecule has 7 heteroatoms. The molecule has 0 bridgehead atoms. The summed E-state index contributed by atoms with van der Waals surface area (Å²) in [5.41, 5.74) is 0. The van der Waals surface area contributed by atoms with Gasteiger partial charge < -0.3 is 15.3 Å². The maximum Gasteiger partial charge on any atom is 0.317 e. The molecule has 0 spiro atoms. The molecular weight excluding hydrogens is 312 g/mol. The van der Waals surface area contributed by atoms with Gasteiger partial charge in [0.05, 0.1) is 6.54 Å². The normalized spacial score (nSPS) is 20.5. The topological polar surface area (TPSA) is 68.7 Å². The molecule has 2 rings (SSSR count). The third kappa shape index (κ3) is 4.89. The number of carboxylic acid groups (broad SMARTS) is 1. The van der Waals surface area contributed by atoms with Gasteiger partial charge in [-0.3, -0.25) is 9.69 Å². The van der Waals surface area contributed by atoms with Crippen LogP contribution >= 0.6 is 11.3 Å². The van der Waals surface area contributed by atoms with E-state index < -0.39 is 5.97 Å². The van der Waals surface area contributed by atoms with Gasteiger partial charge in [0.25, 0.3) is 0 Å². The van der Waals surface area contributed by atoms with Crippen LogP contribution in [0.15, 0.2) is 6.20 Å². The summed E-state index contributed by atoms with van der Waals surface area (Å²) in [6.45, 7) is 10.1. The average molecular weight is 340 g/mol. The Hall–Kier alpha value is -1.18. The van der Waals surface area contributed by atoms with Gasteiger partial charge in [0.1, 0.15) is 0 Å². The van der Waals surface area contributed by atoms with Gasteiger partial charge in [0.15, 0.2) is 5.13 Å². The van der Waals surface area contributed by atoms with E-state index in [1.807, 2.05) is 18.0 Å². The van der Waals surface area contributed by atoms with Crippen LogP contribution in [0, 0.1) is 0 Å². The fraction of sp³-hybridized carbons (Fsp3) is 0.750. The number of likely N-dealkylation sites (N-methyl/N-ethyl adjacent to an activating group) is 1. The van der Waals surface area contributed by atoms with E-state index in [1.54, 1.807) is 11.3 Å². The maximum absolute atomic E-state index is 10.8. The lowest BCUT2D eigenvalue weighted by molar-refractivity contribution is -0.139. The zero-order chi connectivity index (χ0) is 16.8. The molecule has 23 heavy (non-hydrogen) atoms. The molecule has 1 aliphatic carbocycles. The molecule has 130 valence electrons. The van der Waals surface area contributed by atoms with Crippen LogP contribution in [0.2, 0.25) is 0 Å². The number of hydrogen-bond acceptors (Lipinski definition) is 6. The molecule has 0 radical (unpaired) electrons. The highest BCUT2D eigenvalue weighted by Crippen LogP contribution is 2.27. The highest BCUT2D eigenvalue weighted by atomic mass is 32.1. The minimum atomic E-state index is -0.739. The number of aliphatic carboxylic acids is 1. The third-order valence-corrected chi connectivity index (χ3v) is 5.57. The number of nitrogens with zero attached hydrogens (tertiary/aromatic N) is 3. The summed E-state index contributed by atoms with van der Waals surface area (Å²) >= 11 is 1.75. The molecule has 1 aliphatic rings. The Balaban J connectivity index is 1.73. The van der Waals surface area contributed by atoms with Crippen molar-refractivity contribution in [2.75, 3.05) is 31.1 Å². The smallest absolute Gasteiger partial charge is 0.317 e. The largest absolute Gasteiger partial charge is 0.480 e. The van der Waals surface area contributed by atoms with Crippen LogP contribution in [0.5, 0.6) is 0 Å². The summed E-state index contributed by atoms with van der Waals surface area (Å²) in [7, 11) is 0. The van der Waals surface area contributed by atoms with Gasteiger partial charge in [-0.2, -0.15) is 0 Å². The Kier molecular flexibility index (Phi) is 6.80. The number of carboxylic acids is 1. The molecule has 0 atom stereocenters. The molecule has 1 heterocycles. The molecule has 0 aliphatic heterocycles. The van der Waals surface area contributed by atoms with E-state index in [0.29, 0.717) is 12.1 Å². The van der Waals surface area contributed by atoms with E-state index in [2.05, 4.69) is 29.0 Å². The van der Waals surface area contributed by atoms with Crippen molar-refractivity contribution in [2.45, 2.75) is 52.2 Å². The fourth-order valence-corrected chi connectivity index (χ4v) is 3.98. The first-order valence-corrected chi connectivity index (χ1v) is 9.27. The fourth-order valence-electron chi connectivity index (χ4n) is 2.99. The Morgan fingerprint density at radius 3 is 2.61 bits per heavy atom. The van der Waals surface area contributed by atoms with E-state index in [0.717, 1.165) is 44.2 Å². The van der Waals surface area contributed by atoms with Crippen molar-refractivity contribution in [3.63, 3.8) is 0 Å². The summed E-state index contributed by atoms with van der Waals surface area (Å²) in [4.78, 5) is 20.9. The average Bonchev–Trinajstić information content (AvgIpc) is 2.94. The van der Waals surface area contributed by atoms with Gasteiger partial charge in [0.2, 0.25) is 0 Å². The number of hydrogen-bond donors (Lipinski definition) is 2. The molecule has 1 aromatic heterocycles. The van der Waals surface area contributed by atoms with Gasteiger partial charge >= 0.3 is 5.97 Å². The minimum absolute atomic E-state index is 0.149. The van der Waals surface area contributed by atoms with E-state index in [-0.39, 0.29) is 6.54 Å². The van der Waals surface area contributed by atoms with Crippen LogP contribution in [-0.2, 0) is 11.3 Å². The zero-order valence-corrected chi connectivity index (χ0v) is 15.1. The summed E-state index contributed by atoms with van der Waals surface area (Å²) in [5, 5.41) is 13.6. The number of thiazole rings is 1. The van der Waals surface area contributed by atoms with Crippen molar-refractivity contribution >= 4 is 22.4 Å².